The van der Waals surface area contributed by atoms with Crippen LogP contribution >= 0.6 is 0 Å². The maximum absolute atomic E-state index is 13.2. The number of hydrogen-bond acceptors (Lipinski definition) is 2. The zero-order valence-corrected chi connectivity index (χ0v) is 12.6. The molecule has 0 saturated heterocycles. The van der Waals surface area contributed by atoms with Gasteiger partial charge in [0.2, 0.25) is 11.8 Å². The number of ketones is 1. The molecule has 1 aromatic rings. The van der Waals surface area contributed by atoms with Crippen LogP contribution in [0.5, 0.6) is 0 Å². The van der Waals surface area contributed by atoms with E-state index in [2.05, 4.69) is 0 Å². The monoisotopic (exact) mass is 307 g/mol. The number of rotatable bonds is 2. The first-order chi connectivity index (χ1) is 10.4. The number of fused-ring (bicyclic) bond motifs is 1. The summed E-state index contributed by atoms with van der Waals surface area (Å²) in [6.07, 6.45) is 0.818. The van der Waals surface area contributed by atoms with Crippen molar-refractivity contribution in [3.63, 3.8) is 0 Å². The van der Waals surface area contributed by atoms with Gasteiger partial charge in [-0.15, -0.1) is 0 Å². The fraction of sp³-hybridized carbons (Fsp3) is 0.529. The van der Waals surface area contributed by atoms with E-state index >= 15 is 0 Å². The van der Waals surface area contributed by atoms with Crippen molar-refractivity contribution in [3.05, 3.63) is 29.3 Å². The van der Waals surface area contributed by atoms with Crippen LogP contribution < -0.4 is 4.90 Å². The van der Waals surface area contributed by atoms with Crippen molar-refractivity contribution in [1.82, 2.24) is 0 Å². The predicted molar refractivity (Wildman–Crippen MR) is 79.4 cm³/mol. The summed E-state index contributed by atoms with van der Waals surface area (Å²) in [4.78, 5) is 25.7. The first-order valence-corrected chi connectivity index (χ1v) is 7.70. The van der Waals surface area contributed by atoms with Crippen LogP contribution in [0.1, 0.15) is 48.5 Å². The summed E-state index contributed by atoms with van der Waals surface area (Å²) in [5, 5.41) is 0. The van der Waals surface area contributed by atoms with Crippen molar-refractivity contribution >= 4 is 17.4 Å². The van der Waals surface area contributed by atoms with E-state index in [1.165, 1.54) is 6.92 Å². The molecule has 118 valence electrons. The summed E-state index contributed by atoms with van der Waals surface area (Å²) in [6.45, 7) is 2.09. The maximum atomic E-state index is 13.2. The highest BCUT2D eigenvalue weighted by molar-refractivity contribution is 5.99. The van der Waals surface area contributed by atoms with Crippen molar-refractivity contribution in [2.45, 2.75) is 45.0 Å². The van der Waals surface area contributed by atoms with Crippen molar-refractivity contribution in [3.8, 4) is 0 Å². The Morgan fingerprint density at radius 3 is 2.55 bits per heavy atom. The molecular weight excluding hydrogens is 288 g/mol. The second-order valence-electron chi connectivity index (χ2n) is 6.27. The number of anilines is 1. The zero-order chi connectivity index (χ0) is 15.9. The Morgan fingerprint density at radius 1 is 1.23 bits per heavy atom. The molecule has 2 aliphatic rings. The van der Waals surface area contributed by atoms with Crippen LogP contribution in [0.4, 0.5) is 14.5 Å². The van der Waals surface area contributed by atoms with Gasteiger partial charge in [-0.1, -0.05) is 0 Å². The van der Waals surface area contributed by atoms with Crippen LogP contribution in [0.25, 0.3) is 0 Å². The van der Waals surface area contributed by atoms with Gasteiger partial charge >= 0.3 is 0 Å². The molecule has 0 N–H and O–H groups in total. The highest BCUT2D eigenvalue weighted by Crippen LogP contribution is 2.38. The van der Waals surface area contributed by atoms with Gasteiger partial charge in [-0.3, -0.25) is 9.59 Å². The van der Waals surface area contributed by atoms with E-state index in [1.54, 1.807) is 17.0 Å². The molecule has 1 heterocycles. The van der Waals surface area contributed by atoms with Crippen molar-refractivity contribution in [2.75, 3.05) is 11.4 Å². The van der Waals surface area contributed by atoms with E-state index < -0.39 is 5.92 Å². The number of benzene rings is 1. The predicted octanol–water partition coefficient (Wildman–Crippen LogP) is 3.60. The van der Waals surface area contributed by atoms with Gasteiger partial charge in [0.05, 0.1) is 0 Å². The summed E-state index contributed by atoms with van der Waals surface area (Å²) < 4.78 is 26.4. The summed E-state index contributed by atoms with van der Waals surface area (Å²) in [5.41, 5.74) is 2.46. The molecule has 0 radical (unpaired) electrons. The first-order valence-electron chi connectivity index (χ1n) is 7.70. The molecule has 1 saturated carbocycles. The van der Waals surface area contributed by atoms with Gasteiger partial charge < -0.3 is 4.90 Å². The third-order valence-corrected chi connectivity index (χ3v) is 4.71. The van der Waals surface area contributed by atoms with E-state index in [0.29, 0.717) is 18.5 Å². The minimum absolute atomic E-state index is 0.00193. The number of alkyl halides is 2. The van der Waals surface area contributed by atoms with Crippen LogP contribution in [-0.4, -0.2) is 24.2 Å². The van der Waals surface area contributed by atoms with Gasteiger partial charge in [0.1, 0.15) is 0 Å². The van der Waals surface area contributed by atoms with E-state index in [0.717, 1.165) is 11.3 Å². The third-order valence-electron chi connectivity index (χ3n) is 4.71. The number of amides is 1. The Balaban J connectivity index is 1.76. The third kappa shape index (κ3) is 2.76. The number of carbonyl (C=O) groups excluding carboxylic acids is 2. The molecule has 0 spiro atoms. The smallest absolute Gasteiger partial charge is 0.248 e. The zero-order valence-electron chi connectivity index (χ0n) is 12.6. The van der Waals surface area contributed by atoms with Crippen LogP contribution in [0.3, 0.4) is 0 Å². The summed E-state index contributed by atoms with van der Waals surface area (Å²) in [5.74, 6) is -2.97. The van der Waals surface area contributed by atoms with E-state index in [-0.39, 0.29) is 43.3 Å². The maximum Gasteiger partial charge on any atom is 0.248 e. The molecule has 0 aromatic heterocycles. The fourth-order valence-corrected chi connectivity index (χ4v) is 3.36. The standard InChI is InChI=1S/C17H19F2NO2/c1-11(21)13-2-3-15-14(10-13)6-9-20(15)16(22)12-4-7-17(18,19)8-5-12/h2-3,10,12H,4-9H2,1H3. The van der Waals surface area contributed by atoms with Gasteiger partial charge in [0.15, 0.2) is 5.78 Å². The second-order valence-corrected chi connectivity index (χ2v) is 6.27. The minimum atomic E-state index is -2.61. The average molecular weight is 307 g/mol. The first kappa shape index (κ1) is 15.1. The van der Waals surface area contributed by atoms with Crippen molar-refractivity contribution in [1.29, 1.82) is 0 Å². The minimum Gasteiger partial charge on any atom is -0.312 e. The number of nitrogens with zero attached hydrogens (tertiary/aromatic N) is 1. The molecule has 0 unspecified atom stereocenters. The number of carbonyl (C=O) groups is 2. The second kappa shape index (κ2) is 5.45. The normalized spacial score (nSPS) is 20.8. The molecule has 1 amide bonds. The van der Waals surface area contributed by atoms with Crippen molar-refractivity contribution < 1.29 is 18.4 Å². The number of Topliss-reactive ketones (excluding diaryl/α,β-unsaturated/α-hetero) is 1. The van der Waals surface area contributed by atoms with Crippen LogP contribution in [0, 0.1) is 5.92 Å². The Labute approximate surface area is 128 Å². The van der Waals surface area contributed by atoms with Gasteiger partial charge in [0, 0.05) is 36.6 Å². The molecule has 5 heteroatoms. The summed E-state index contributed by atoms with van der Waals surface area (Å²) >= 11 is 0. The summed E-state index contributed by atoms with van der Waals surface area (Å²) in [7, 11) is 0. The Morgan fingerprint density at radius 2 is 1.91 bits per heavy atom. The van der Waals surface area contributed by atoms with Gasteiger partial charge in [-0.05, 0) is 49.9 Å². The SMILES string of the molecule is CC(=O)c1ccc2c(c1)CCN2C(=O)C1CCC(F)(F)CC1. The molecule has 1 aliphatic carbocycles. The van der Waals surface area contributed by atoms with Gasteiger partial charge in [-0.25, -0.2) is 8.78 Å². The van der Waals surface area contributed by atoms with Crippen LogP contribution in [0.15, 0.2) is 18.2 Å². The number of hydrogen-bond donors (Lipinski definition) is 0. The van der Waals surface area contributed by atoms with Gasteiger partial charge in [0.25, 0.3) is 0 Å². The fourth-order valence-electron chi connectivity index (χ4n) is 3.36. The molecule has 1 aromatic carbocycles. The van der Waals surface area contributed by atoms with E-state index in [4.69, 9.17) is 0 Å². The van der Waals surface area contributed by atoms with E-state index in [9.17, 15) is 18.4 Å². The van der Waals surface area contributed by atoms with Gasteiger partial charge in [-0.2, -0.15) is 0 Å². The molecule has 0 bridgehead atoms. The number of halogens is 2. The Bertz CT molecular complexity index is 617. The topological polar surface area (TPSA) is 37.4 Å². The lowest BCUT2D eigenvalue weighted by Gasteiger charge is -2.30. The molecule has 3 nitrogen and oxygen atoms in total. The Hall–Kier alpha value is -1.78. The summed E-state index contributed by atoms with van der Waals surface area (Å²) in [6, 6.07) is 5.36. The lowest BCUT2D eigenvalue weighted by Crippen LogP contribution is -2.38. The van der Waals surface area contributed by atoms with E-state index in [1.807, 2.05) is 6.07 Å². The lowest BCUT2D eigenvalue weighted by atomic mass is 9.86. The Kier molecular flexibility index (Phi) is 3.75. The highest BCUT2D eigenvalue weighted by atomic mass is 19.3. The van der Waals surface area contributed by atoms with Crippen molar-refractivity contribution in [2.24, 2.45) is 5.92 Å². The lowest BCUT2D eigenvalue weighted by molar-refractivity contribution is -0.126. The quantitative estimate of drug-likeness (QED) is 0.783. The van der Waals surface area contributed by atoms with Crippen LogP contribution in [0.2, 0.25) is 0 Å². The molecule has 22 heavy (non-hydrogen) atoms. The van der Waals surface area contributed by atoms with Crippen LogP contribution in [-0.2, 0) is 11.2 Å². The molecule has 1 fully saturated rings. The largest absolute Gasteiger partial charge is 0.312 e. The average Bonchev–Trinajstić information content (AvgIpc) is 2.89. The molecule has 3 rings (SSSR count). The molecule has 1 aliphatic heterocycles. The molecular formula is C17H19F2NO2. The highest BCUT2D eigenvalue weighted by Gasteiger charge is 2.39. The molecule has 0 atom stereocenters.